The second-order valence-electron chi connectivity index (χ2n) is 8.81. The number of carbonyl (C=O) groups is 3. The summed E-state index contributed by atoms with van der Waals surface area (Å²) in [5, 5.41) is 2.89. The Bertz CT molecular complexity index is 1260. The van der Waals surface area contributed by atoms with Crippen LogP contribution in [-0.4, -0.2) is 50.1 Å². The summed E-state index contributed by atoms with van der Waals surface area (Å²) in [4.78, 5) is 43.3. The molecule has 3 aromatic rings. The SMILES string of the molecule is COc1ccc(C2(c3ccc(OC)cc3)NC(=O)N(CC(=O)N3CCCc4ccccc43)C2=O)cc1. The maximum absolute atomic E-state index is 14.0. The van der Waals surface area contributed by atoms with Crippen LogP contribution in [-0.2, 0) is 21.5 Å². The largest absolute Gasteiger partial charge is 0.497 e. The number of nitrogens with zero attached hydrogens (tertiary/aromatic N) is 2. The molecule has 2 heterocycles. The molecule has 5 rings (SSSR count). The summed E-state index contributed by atoms with van der Waals surface area (Å²) in [7, 11) is 3.12. The molecule has 0 radical (unpaired) electrons. The third kappa shape index (κ3) is 3.84. The lowest BCUT2D eigenvalue weighted by Gasteiger charge is -2.31. The van der Waals surface area contributed by atoms with Crippen molar-refractivity contribution in [2.75, 3.05) is 32.2 Å². The van der Waals surface area contributed by atoms with E-state index in [1.807, 2.05) is 24.3 Å². The van der Waals surface area contributed by atoms with Crippen LogP contribution in [0, 0.1) is 0 Å². The lowest BCUT2D eigenvalue weighted by Crippen LogP contribution is -2.47. The van der Waals surface area contributed by atoms with Gasteiger partial charge in [0.1, 0.15) is 18.0 Å². The normalized spacial score (nSPS) is 16.4. The van der Waals surface area contributed by atoms with Gasteiger partial charge in [0.05, 0.1) is 14.2 Å². The fourth-order valence-corrected chi connectivity index (χ4v) is 4.97. The molecular formula is C28H27N3O5. The summed E-state index contributed by atoms with van der Waals surface area (Å²) in [5.74, 6) is 0.430. The summed E-state index contributed by atoms with van der Waals surface area (Å²) < 4.78 is 10.5. The number of amides is 4. The van der Waals surface area contributed by atoms with E-state index in [-0.39, 0.29) is 12.5 Å². The van der Waals surface area contributed by atoms with Crippen LogP contribution >= 0.6 is 0 Å². The van der Waals surface area contributed by atoms with E-state index in [4.69, 9.17) is 9.47 Å². The molecule has 2 aliphatic heterocycles. The summed E-state index contributed by atoms with van der Waals surface area (Å²) in [6.07, 6.45) is 1.71. The van der Waals surface area contributed by atoms with Crippen LogP contribution < -0.4 is 19.7 Å². The summed E-state index contributed by atoms with van der Waals surface area (Å²) >= 11 is 0. The number of rotatable bonds is 6. The highest BCUT2D eigenvalue weighted by Crippen LogP contribution is 2.38. The van der Waals surface area contributed by atoms with E-state index in [1.165, 1.54) is 0 Å². The fourth-order valence-electron chi connectivity index (χ4n) is 4.97. The molecule has 36 heavy (non-hydrogen) atoms. The number of carbonyl (C=O) groups excluding carboxylic acids is 3. The van der Waals surface area contributed by atoms with Gasteiger partial charge in [-0.15, -0.1) is 0 Å². The number of hydrogen-bond donors (Lipinski definition) is 1. The van der Waals surface area contributed by atoms with E-state index < -0.39 is 17.5 Å². The monoisotopic (exact) mass is 485 g/mol. The molecule has 0 saturated carbocycles. The van der Waals surface area contributed by atoms with Crippen molar-refractivity contribution in [1.29, 1.82) is 0 Å². The number of anilines is 1. The standard InChI is InChI=1S/C28H27N3O5/c1-35-22-13-9-20(10-14-22)28(21-11-15-23(36-2)16-12-21)26(33)31(27(34)29-28)18-25(32)30-17-5-7-19-6-3-4-8-24(19)30/h3-4,6,8-16H,5,7,17-18H2,1-2H3,(H,29,34). The first-order valence-corrected chi connectivity index (χ1v) is 11.8. The van der Waals surface area contributed by atoms with Crippen LogP contribution in [0.15, 0.2) is 72.8 Å². The molecule has 184 valence electrons. The van der Waals surface area contributed by atoms with E-state index in [0.717, 1.165) is 29.0 Å². The highest BCUT2D eigenvalue weighted by Gasteiger charge is 2.54. The number of aryl methyl sites for hydroxylation is 1. The predicted octanol–water partition coefficient (Wildman–Crippen LogP) is 3.48. The Labute approximate surface area is 209 Å². The summed E-state index contributed by atoms with van der Waals surface area (Å²) in [5.41, 5.74) is 1.54. The van der Waals surface area contributed by atoms with E-state index in [1.54, 1.807) is 67.7 Å². The molecule has 0 bridgehead atoms. The van der Waals surface area contributed by atoms with Crippen LogP contribution in [0.1, 0.15) is 23.1 Å². The van der Waals surface area contributed by atoms with Crippen LogP contribution in [0.5, 0.6) is 11.5 Å². The summed E-state index contributed by atoms with van der Waals surface area (Å²) in [6.45, 7) is 0.189. The van der Waals surface area contributed by atoms with Crippen molar-refractivity contribution in [1.82, 2.24) is 10.2 Å². The van der Waals surface area contributed by atoms with Crippen LogP contribution in [0.25, 0.3) is 0 Å². The maximum atomic E-state index is 14.0. The molecule has 2 aliphatic rings. The Kier molecular flexibility index (Phi) is 6.10. The first-order valence-electron chi connectivity index (χ1n) is 11.8. The molecule has 0 unspecified atom stereocenters. The fraction of sp³-hybridized carbons (Fsp3) is 0.250. The van der Waals surface area contributed by atoms with Gasteiger partial charge in [0.2, 0.25) is 5.91 Å². The Morgan fingerprint density at radius 1 is 0.889 bits per heavy atom. The van der Waals surface area contributed by atoms with Crippen molar-refractivity contribution in [2.45, 2.75) is 18.4 Å². The van der Waals surface area contributed by atoms with Gasteiger partial charge in [-0.25, -0.2) is 4.79 Å². The molecular weight excluding hydrogens is 458 g/mol. The third-order valence-corrected chi connectivity index (χ3v) is 6.86. The van der Waals surface area contributed by atoms with Gasteiger partial charge in [-0.3, -0.25) is 14.5 Å². The molecule has 1 fully saturated rings. The van der Waals surface area contributed by atoms with Gasteiger partial charge in [-0.1, -0.05) is 42.5 Å². The number of para-hydroxylation sites is 1. The number of methoxy groups -OCH3 is 2. The lowest BCUT2D eigenvalue weighted by atomic mass is 9.82. The van der Waals surface area contributed by atoms with Gasteiger partial charge in [0.15, 0.2) is 5.54 Å². The minimum Gasteiger partial charge on any atom is -0.497 e. The Balaban J connectivity index is 1.50. The molecule has 8 nitrogen and oxygen atoms in total. The zero-order chi connectivity index (χ0) is 25.3. The highest BCUT2D eigenvalue weighted by molar-refractivity contribution is 6.12. The number of urea groups is 1. The smallest absolute Gasteiger partial charge is 0.326 e. The number of hydrogen-bond acceptors (Lipinski definition) is 5. The summed E-state index contributed by atoms with van der Waals surface area (Å²) in [6, 6.07) is 21.0. The van der Waals surface area contributed by atoms with Crippen molar-refractivity contribution < 1.29 is 23.9 Å². The molecule has 1 N–H and O–H groups in total. The molecule has 4 amide bonds. The van der Waals surface area contributed by atoms with Gasteiger partial charge in [-0.2, -0.15) is 0 Å². The Morgan fingerprint density at radius 3 is 2.06 bits per heavy atom. The third-order valence-electron chi connectivity index (χ3n) is 6.86. The van der Waals surface area contributed by atoms with Crippen molar-refractivity contribution in [3.05, 3.63) is 89.5 Å². The number of nitrogens with one attached hydrogen (secondary N) is 1. The average Bonchev–Trinajstić information content (AvgIpc) is 3.18. The maximum Gasteiger partial charge on any atom is 0.326 e. The first-order chi connectivity index (χ1) is 17.5. The van der Waals surface area contributed by atoms with E-state index in [2.05, 4.69) is 5.32 Å². The molecule has 0 spiro atoms. The van der Waals surface area contributed by atoms with E-state index in [0.29, 0.717) is 29.2 Å². The predicted molar refractivity (Wildman–Crippen MR) is 134 cm³/mol. The van der Waals surface area contributed by atoms with Crippen LogP contribution in [0.2, 0.25) is 0 Å². The van der Waals surface area contributed by atoms with E-state index in [9.17, 15) is 14.4 Å². The molecule has 0 atom stereocenters. The first kappa shape index (κ1) is 23.4. The van der Waals surface area contributed by atoms with Gasteiger partial charge < -0.3 is 19.7 Å². The minimum atomic E-state index is -1.49. The molecule has 3 aromatic carbocycles. The zero-order valence-electron chi connectivity index (χ0n) is 20.2. The second-order valence-corrected chi connectivity index (χ2v) is 8.81. The van der Waals surface area contributed by atoms with Crippen LogP contribution in [0.4, 0.5) is 10.5 Å². The Hall–Kier alpha value is -4.33. The topological polar surface area (TPSA) is 88.2 Å². The molecule has 8 heteroatoms. The number of imide groups is 1. The van der Waals surface area contributed by atoms with Gasteiger partial charge in [0, 0.05) is 12.2 Å². The number of fused-ring (bicyclic) bond motifs is 1. The molecule has 1 saturated heterocycles. The van der Waals surface area contributed by atoms with Crippen molar-refractivity contribution in [3.8, 4) is 11.5 Å². The average molecular weight is 486 g/mol. The van der Waals surface area contributed by atoms with Crippen molar-refractivity contribution in [2.24, 2.45) is 0 Å². The van der Waals surface area contributed by atoms with E-state index >= 15 is 0 Å². The van der Waals surface area contributed by atoms with Crippen molar-refractivity contribution >= 4 is 23.5 Å². The van der Waals surface area contributed by atoms with Gasteiger partial charge in [-0.05, 0) is 59.9 Å². The van der Waals surface area contributed by atoms with Crippen LogP contribution in [0.3, 0.4) is 0 Å². The molecule has 0 aromatic heterocycles. The second kappa shape index (κ2) is 9.37. The van der Waals surface area contributed by atoms with Crippen molar-refractivity contribution in [3.63, 3.8) is 0 Å². The highest BCUT2D eigenvalue weighted by atomic mass is 16.5. The minimum absolute atomic E-state index is 0.300. The Morgan fingerprint density at radius 2 is 1.47 bits per heavy atom. The lowest BCUT2D eigenvalue weighted by molar-refractivity contribution is -0.133. The zero-order valence-corrected chi connectivity index (χ0v) is 20.2. The quantitative estimate of drug-likeness (QED) is 0.540. The molecule has 0 aliphatic carbocycles. The number of benzene rings is 3. The van der Waals surface area contributed by atoms with Gasteiger partial charge in [0.25, 0.3) is 5.91 Å². The van der Waals surface area contributed by atoms with Gasteiger partial charge >= 0.3 is 6.03 Å². The number of ether oxygens (including phenoxy) is 2.